The van der Waals surface area contributed by atoms with Gasteiger partial charge in [0.2, 0.25) is 18.7 Å². The lowest BCUT2D eigenvalue weighted by atomic mass is 10.0. The first-order valence-electron chi connectivity index (χ1n) is 13.9. The third-order valence-electron chi connectivity index (χ3n) is 6.84. The van der Waals surface area contributed by atoms with Crippen molar-refractivity contribution in [1.82, 2.24) is 30.5 Å². The molecule has 13 heteroatoms. The van der Waals surface area contributed by atoms with Gasteiger partial charge in [-0.05, 0) is 61.2 Å². The number of nitrogens with zero attached hydrogens (tertiary/aromatic N) is 3. The molecule has 1 saturated heterocycles. The minimum Gasteiger partial charge on any atom is -0.357 e. The Kier molecular flexibility index (Phi) is 13.3. The summed E-state index contributed by atoms with van der Waals surface area (Å²) >= 11 is 0. The number of rotatable bonds is 10. The fourth-order valence-electron chi connectivity index (χ4n) is 4.64. The molecule has 10 nitrogen and oxygen atoms in total. The second kappa shape index (κ2) is 17.4. The summed E-state index contributed by atoms with van der Waals surface area (Å²) in [7, 11) is 0.949. The van der Waals surface area contributed by atoms with Crippen molar-refractivity contribution in [3.63, 3.8) is 0 Å². The molecule has 4 heterocycles. The number of likely N-dealkylation sites (tertiary alicyclic amines) is 1. The zero-order chi connectivity index (χ0) is 31.9. The monoisotopic (exact) mass is 612 g/mol. The van der Waals surface area contributed by atoms with Gasteiger partial charge in [0, 0.05) is 60.4 Å². The number of carbonyl (C=O) groups excluding carboxylic acids is 3. The number of benzene rings is 1. The molecule has 1 unspecified atom stereocenters. The summed E-state index contributed by atoms with van der Waals surface area (Å²) in [4.78, 5) is 46.9. The first-order chi connectivity index (χ1) is 21.2. The Morgan fingerprint density at radius 2 is 1.80 bits per heavy atom. The SMILES string of the molecule is CC1CCCN1C(=O)Cc1cc(-c2ccc(F)cc2)cnc1CNC=O.COC(F)F.O=CNCc1cc2cnccc2[nH]1. The third kappa shape index (κ3) is 10.2. The van der Waals surface area contributed by atoms with Gasteiger partial charge in [-0.2, -0.15) is 8.78 Å². The van der Waals surface area contributed by atoms with Crippen LogP contribution in [0.25, 0.3) is 22.0 Å². The summed E-state index contributed by atoms with van der Waals surface area (Å²) in [6.45, 7) is 1.03. The number of carbonyl (C=O) groups is 3. The van der Waals surface area contributed by atoms with Gasteiger partial charge >= 0.3 is 6.61 Å². The number of halogens is 3. The molecular formula is C31H35F3N6O4. The summed E-state index contributed by atoms with van der Waals surface area (Å²) in [5.41, 5.74) is 5.12. The average Bonchev–Trinajstić information content (AvgIpc) is 3.66. The van der Waals surface area contributed by atoms with Crippen molar-refractivity contribution in [2.24, 2.45) is 0 Å². The molecule has 0 spiro atoms. The van der Waals surface area contributed by atoms with Crippen LogP contribution in [0.1, 0.15) is 36.7 Å². The van der Waals surface area contributed by atoms with Crippen LogP contribution in [-0.2, 0) is 38.6 Å². The quantitative estimate of drug-likeness (QED) is 0.229. The Hall–Kier alpha value is -4.78. The molecule has 1 fully saturated rings. The lowest BCUT2D eigenvalue weighted by Gasteiger charge is -2.22. The van der Waals surface area contributed by atoms with Gasteiger partial charge in [0.05, 0.1) is 25.2 Å². The predicted molar refractivity (Wildman–Crippen MR) is 159 cm³/mol. The van der Waals surface area contributed by atoms with Crippen LogP contribution in [0.4, 0.5) is 13.2 Å². The Balaban J connectivity index is 0.000000243. The van der Waals surface area contributed by atoms with Gasteiger partial charge in [0.25, 0.3) is 0 Å². The van der Waals surface area contributed by atoms with E-state index >= 15 is 0 Å². The van der Waals surface area contributed by atoms with E-state index in [0.717, 1.165) is 59.8 Å². The molecule has 3 N–H and O–H groups in total. The summed E-state index contributed by atoms with van der Waals surface area (Å²) < 4.78 is 37.7. The van der Waals surface area contributed by atoms with E-state index in [4.69, 9.17) is 0 Å². The number of alkyl halides is 2. The smallest absolute Gasteiger partial charge is 0.345 e. The molecule has 1 aliphatic heterocycles. The van der Waals surface area contributed by atoms with E-state index in [1.165, 1.54) is 12.1 Å². The van der Waals surface area contributed by atoms with E-state index in [2.05, 4.69) is 37.2 Å². The molecule has 44 heavy (non-hydrogen) atoms. The van der Waals surface area contributed by atoms with Crippen molar-refractivity contribution in [2.45, 2.75) is 51.9 Å². The maximum Gasteiger partial charge on any atom is 0.345 e. The molecule has 5 rings (SSSR count). The van der Waals surface area contributed by atoms with Crippen LogP contribution in [-0.4, -0.2) is 64.9 Å². The van der Waals surface area contributed by atoms with Gasteiger partial charge in [-0.3, -0.25) is 24.4 Å². The molecule has 234 valence electrons. The number of fused-ring (bicyclic) bond motifs is 1. The minimum atomic E-state index is -2.62. The second-order valence-corrected chi connectivity index (χ2v) is 9.84. The molecule has 1 aliphatic rings. The van der Waals surface area contributed by atoms with E-state index in [1.807, 2.05) is 23.1 Å². The third-order valence-corrected chi connectivity index (χ3v) is 6.84. The van der Waals surface area contributed by atoms with E-state index in [9.17, 15) is 27.6 Å². The van der Waals surface area contributed by atoms with Gasteiger partial charge < -0.3 is 25.3 Å². The first-order valence-corrected chi connectivity index (χ1v) is 13.9. The average molecular weight is 613 g/mol. The van der Waals surface area contributed by atoms with Crippen molar-refractivity contribution in [3.8, 4) is 11.1 Å². The maximum atomic E-state index is 13.2. The topological polar surface area (TPSA) is 129 Å². The van der Waals surface area contributed by atoms with Crippen LogP contribution in [0.5, 0.6) is 0 Å². The predicted octanol–water partition coefficient (Wildman–Crippen LogP) is 4.35. The number of pyridine rings is 2. The molecule has 4 aromatic rings. The lowest BCUT2D eigenvalue weighted by Crippen LogP contribution is -2.35. The van der Waals surface area contributed by atoms with Gasteiger partial charge in [-0.15, -0.1) is 0 Å². The van der Waals surface area contributed by atoms with E-state index in [-0.39, 0.29) is 30.7 Å². The second-order valence-electron chi connectivity index (χ2n) is 9.84. The summed E-state index contributed by atoms with van der Waals surface area (Å²) in [6.07, 6.45) is 8.79. The Morgan fingerprint density at radius 1 is 1.09 bits per heavy atom. The van der Waals surface area contributed by atoms with Crippen LogP contribution in [0.2, 0.25) is 0 Å². The minimum absolute atomic E-state index is 0.0698. The van der Waals surface area contributed by atoms with Crippen molar-refractivity contribution >= 4 is 29.6 Å². The Labute approximate surface area is 253 Å². The van der Waals surface area contributed by atoms with Gasteiger partial charge in [-0.25, -0.2) is 4.39 Å². The van der Waals surface area contributed by atoms with Gasteiger partial charge in [0.1, 0.15) is 5.82 Å². The molecule has 0 radical (unpaired) electrons. The molecule has 3 aromatic heterocycles. The number of ether oxygens (including phenoxy) is 1. The van der Waals surface area contributed by atoms with Crippen LogP contribution in [0, 0.1) is 5.82 Å². The molecule has 0 saturated carbocycles. The molecule has 1 aromatic carbocycles. The number of nitrogens with one attached hydrogen (secondary N) is 3. The van der Waals surface area contributed by atoms with E-state index in [0.29, 0.717) is 25.1 Å². The summed E-state index contributed by atoms with van der Waals surface area (Å²) in [6, 6.07) is 12.2. The van der Waals surface area contributed by atoms with Crippen LogP contribution in [0.15, 0.2) is 61.1 Å². The Morgan fingerprint density at radius 3 is 2.41 bits per heavy atom. The summed E-state index contributed by atoms with van der Waals surface area (Å²) in [5.74, 6) is -0.229. The number of methoxy groups -OCH3 is 1. The number of hydrogen-bond acceptors (Lipinski definition) is 6. The highest BCUT2D eigenvalue weighted by atomic mass is 19.3. The first kappa shape index (κ1) is 33.7. The molecule has 0 aliphatic carbocycles. The Bertz CT molecular complexity index is 1470. The standard InChI is InChI=1S/C20H22FN3O2.C9H9N3O.C2H4F2O/c1-14-3-2-8-24(14)20(26)10-16-9-17(11-23-19(16)12-22-13-25)15-4-6-18(21)7-5-15;13-6-11-5-8-3-7-4-10-2-1-9(7)12-8;1-5-2(3)4/h4-7,9,11,13-14H,2-3,8,10,12H2,1H3,(H,22,25);1-4,6,12H,5H2,(H,11,13);2H,1H3. The van der Waals surface area contributed by atoms with Crippen LogP contribution in [0.3, 0.4) is 0 Å². The number of H-pyrrole nitrogens is 1. The fraction of sp³-hybridized carbons (Fsp3) is 0.323. The van der Waals surface area contributed by atoms with Crippen molar-refractivity contribution in [2.75, 3.05) is 13.7 Å². The largest absolute Gasteiger partial charge is 0.357 e. The van der Waals surface area contributed by atoms with Crippen molar-refractivity contribution < 1.29 is 32.3 Å². The zero-order valence-corrected chi connectivity index (χ0v) is 24.4. The number of amides is 3. The molecule has 3 amide bonds. The summed E-state index contributed by atoms with van der Waals surface area (Å²) in [5, 5.41) is 6.26. The van der Waals surface area contributed by atoms with Gasteiger partial charge in [-0.1, -0.05) is 12.1 Å². The van der Waals surface area contributed by atoms with Crippen molar-refractivity contribution in [3.05, 3.63) is 83.8 Å². The van der Waals surface area contributed by atoms with Crippen LogP contribution >= 0.6 is 0 Å². The highest BCUT2D eigenvalue weighted by Gasteiger charge is 2.25. The fourth-order valence-corrected chi connectivity index (χ4v) is 4.64. The lowest BCUT2D eigenvalue weighted by molar-refractivity contribution is -0.131. The van der Waals surface area contributed by atoms with Crippen LogP contribution < -0.4 is 10.6 Å². The van der Waals surface area contributed by atoms with E-state index in [1.54, 1.807) is 30.7 Å². The number of aromatic amines is 1. The van der Waals surface area contributed by atoms with Crippen molar-refractivity contribution in [1.29, 1.82) is 0 Å². The van der Waals surface area contributed by atoms with Gasteiger partial charge in [0.15, 0.2) is 0 Å². The molecular weight excluding hydrogens is 577 g/mol. The highest BCUT2D eigenvalue weighted by Crippen LogP contribution is 2.24. The molecule has 1 atom stereocenters. The number of aromatic nitrogens is 3. The highest BCUT2D eigenvalue weighted by molar-refractivity contribution is 5.80. The zero-order valence-electron chi connectivity index (χ0n) is 24.4. The normalized spacial score (nSPS) is 13.9. The number of hydrogen-bond donors (Lipinski definition) is 3. The van der Waals surface area contributed by atoms with E-state index < -0.39 is 6.61 Å². The maximum absolute atomic E-state index is 13.2. The molecule has 0 bridgehead atoms.